The Bertz CT molecular complexity index is 513. The molecule has 4 nitrogen and oxygen atoms in total. The minimum atomic E-state index is -0.240. The number of rotatable bonds is 5. The van der Waals surface area contributed by atoms with Crippen molar-refractivity contribution in [1.82, 2.24) is 4.37 Å². The molecule has 2 aromatic rings. The maximum atomic E-state index is 12.8. The first-order chi connectivity index (χ1) is 8.70. The standard InChI is InChI=1S/C12H14FN3OS/c1-2-17-10-11(14)16-18-12(10)15-7-8-3-5-9(13)6-4-8/h3-6,15H,2,7H2,1H3,(H2,14,16). The SMILES string of the molecule is CCOc1c(N)nsc1NCc1ccc(F)cc1. The summed E-state index contributed by atoms with van der Waals surface area (Å²) < 4.78 is 22.2. The summed E-state index contributed by atoms with van der Waals surface area (Å²) in [5, 5.41) is 3.97. The summed E-state index contributed by atoms with van der Waals surface area (Å²) in [5.41, 5.74) is 6.68. The van der Waals surface area contributed by atoms with Crippen LogP contribution in [0.3, 0.4) is 0 Å². The van der Waals surface area contributed by atoms with Crippen LogP contribution in [0.15, 0.2) is 24.3 Å². The van der Waals surface area contributed by atoms with Gasteiger partial charge < -0.3 is 15.8 Å². The van der Waals surface area contributed by atoms with Crippen molar-refractivity contribution in [3.63, 3.8) is 0 Å². The molecule has 0 unspecified atom stereocenters. The Morgan fingerprint density at radius 1 is 1.39 bits per heavy atom. The van der Waals surface area contributed by atoms with Crippen molar-refractivity contribution in [2.24, 2.45) is 0 Å². The van der Waals surface area contributed by atoms with Gasteiger partial charge in [-0.25, -0.2) is 4.39 Å². The van der Waals surface area contributed by atoms with E-state index in [-0.39, 0.29) is 5.82 Å². The Morgan fingerprint density at radius 2 is 2.11 bits per heavy atom. The van der Waals surface area contributed by atoms with E-state index in [1.54, 1.807) is 12.1 Å². The minimum Gasteiger partial charge on any atom is -0.487 e. The molecule has 0 saturated heterocycles. The van der Waals surface area contributed by atoms with E-state index >= 15 is 0 Å². The molecule has 0 aliphatic heterocycles. The third kappa shape index (κ3) is 2.89. The van der Waals surface area contributed by atoms with E-state index in [2.05, 4.69) is 9.69 Å². The third-order valence-electron chi connectivity index (χ3n) is 2.33. The Hall–Kier alpha value is -1.82. The molecule has 1 aromatic heterocycles. The van der Waals surface area contributed by atoms with E-state index < -0.39 is 0 Å². The van der Waals surface area contributed by atoms with Gasteiger partial charge in [0, 0.05) is 6.54 Å². The van der Waals surface area contributed by atoms with Gasteiger partial charge in [-0.15, -0.1) is 0 Å². The molecule has 0 atom stereocenters. The summed E-state index contributed by atoms with van der Waals surface area (Å²) in [4.78, 5) is 0. The normalized spacial score (nSPS) is 10.3. The van der Waals surface area contributed by atoms with E-state index in [0.29, 0.717) is 24.7 Å². The Morgan fingerprint density at radius 3 is 2.78 bits per heavy atom. The fourth-order valence-electron chi connectivity index (χ4n) is 1.48. The van der Waals surface area contributed by atoms with Gasteiger partial charge in [0.1, 0.15) is 5.82 Å². The number of benzene rings is 1. The average Bonchev–Trinajstić information content (AvgIpc) is 2.71. The highest BCUT2D eigenvalue weighted by Gasteiger charge is 2.11. The van der Waals surface area contributed by atoms with E-state index in [0.717, 1.165) is 10.6 Å². The van der Waals surface area contributed by atoms with Crippen molar-refractivity contribution >= 4 is 22.4 Å². The largest absolute Gasteiger partial charge is 0.487 e. The van der Waals surface area contributed by atoms with Crippen molar-refractivity contribution in [1.29, 1.82) is 0 Å². The predicted octanol–water partition coefficient (Wildman–Crippen LogP) is 2.88. The lowest BCUT2D eigenvalue weighted by molar-refractivity contribution is 0.344. The van der Waals surface area contributed by atoms with Crippen LogP contribution in [0.2, 0.25) is 0 Å². The van der Waals surface area contributed by atoms with Gasteiger partial charge >= 0.3 is 0 Å². The summed E-state index contributed by atoms with van der Waals surface area (Å²) >= 11 is 1.25. The van der Waals surface area contributed by atoms with Crippen LogP contribution in [0.5, 0.6) is 5.75 Å². The van der Waals surface area contributed by atoms with Gasteiger partial charge in [0.05, 0.1) is 6.61 Å². The molecule has 0 saturated carbocycles. The van der Waals surface area contributed by atoms with Crippen molar-refractivity contribution in [3.8, 4) is 5.75 Å². The van der Waals surface area contributed by atoms with Gasteiger partial charge in [0.15, 0.2) is 16.6 Å². The molecule has 0 aliphatic rings. The molecule has 0 amide bonds. The summed E-state index contributed by atoms with van der Waals surface area (Å²) in [6.07, 6.45) is 0. The van der Waals surface area contributed by atoms with Crippen LogP contribution in [-0.4, -0.2) is 11.0 Å². The quantitative estimate of drug-likeness (QED) is 0.874. The molecule has 3 N–H and O–H groups in total. The molecule has 0 fully saturated rings. The number of nitrogens with one attached hydrogen (secondary N) is 1. The lowest BCUT2D eigenvalue weighted by Crippen LogP contribution is -2.01. The van der Waals surface area contributed by atoms with Crippen LogP contribution in [-0.2, 0) is 6.54 Å². The number of aromatic nitrogens is 1. The lowest BCUT2D eigenvalue weighted by atomic mass is 10.2. The van der Waals surface area contributed by atoms with Crippen molar-refractivity contribution < 1.29 is 9.13 Å². The molecular formula is C12H14FN3OS. The van der Waals surface area contributed by atoms with Crippen LogP contribution < -0.4 is 15.8 Å². The molecule has 18 heavy (non-hydrogen) atoms. The molecule has 6 heteroatoms. The maximum absolute atomic E-state index is 12.8. The topological polar surface area (TPSA) is 60.2 Å². The number of hydrogen-bond acceptors (Lipinski definition) is 5. The smallest absolute Gasteiger partial charge is 0.197 e. The fraction of sp³-hybridized carbons (Fsp3) is 0.250. The molecule has 2 rings (SSSR count). The van der Waals surface area contributed by atoms with E-state index in [9.17, 15) is 4.39 Å². The van der Waals surface area contributed by atoms with Gasteiger partial charge in [-0.3, -0.25) is 0 Å². The Labute approximate surface area is 109 Å². The number of nitrogens with two attached hydrogens (primary N) is 1. The highest BCUT2D eigenvalue weighted by molar-refractivity contribution is 7.11. The molecule has 1 aromatic carbocycles. The second-order valence-corrected chi connectivity index (χ2v) is 4.41. The second kappa shape index (κ2) is 5.68. The second-order valence-electron chi connectivity index (χ2n) is 3.64. The number of nitrogens with zero attached hydrogens (tertiary/aromatic N) is 1. The molecule has 0 radical (unpaired) electrons. The van der Waals surface area contributed by atoms with Crippen LogP contribution in [0.25, 0.3) is 0 Å². The predicted molar refractivity (Wildman–Crippen MR) is 71.4 cm³/mol. The fourth-order valence-corrected chi connectivity index (χ4v) is 2.13. The van der Waals surface area contributed by atoms with Gasteiger partial charge in [-0.1, -0.05) is 12.1 Å². The lowest BCUT2D eigenvalue weighted by Gasteiger charge is -2.07. The number of nitrogen functional groups attached to an aromatic ring is 1. The Kier molecular flexibility index (Phi) is 3.99. The van der Waals surface area contributed by atoms with Crippen molar-refractivity contribution in [3.05, 3.63) is 35.6 Å². The van der Waals surface area contributed by atoms with Gasteiger partial charge in [-0.2, -0.15) is 4.37 Å². The summed E-state index contributed by atoms with van der Waals surface area (Å²) in [5.74, 6) is 0.740. The van der Waals surface area contributed by atoms with Gasteiger partial charge in [0.25, 0.3) is 0 Å². The number of ether oxygens (including phenoxy) is 1. The molecule has 0 aliphatic carbocycles. The van der Waals surface area contributed by atoms with Crippen LogP contribution in [0.1, 0.15) is 12.5 Å². The first-order valence-electron chi connectivity index (χ1n) is 5.57. The summed E-state index contributed by atoms with van der Waals surface area (Å²) in [6.45, 7) is 3.00. The highest BCUT2D eigenvalue weighted by Crippen LogP contribution is 2.35. The van der Waals surface area contributed by atoms with Crippen LogP contribution >= 0.6 is 11.5 Å². The third-order valence-corrected chi connectivity index (χ3v) is 3.13. The monoisotopic (exact) mass is 267 g/mol. The number of hydrogen-bond donors (Lipinski definition) is 2. The summed E-state index contributed by atoms with van der Waals surface area (Å²) in [6, 6.07) is 6.32. The highest BCUT2D eigenvalue weighted by atomic mass is 32.1. The minimum absolute atomic E-state index is 0.240. The first-order valence-corrected chi connectivity index (χ1v) is 6.34. The van der Waals surface area contributed by atoms with E-state index in [1.807, 2.05) is 6.92 Å². The van der Waals surface area contributed by atoms with Crippen LogP contribution in [0.4, 0.5) is 15.2 Å². The molecule has 0 spiro atoms. The number of anilines is 2. The molecule has 0 bridgehead atoms. The molecule has 96 valence electrons. The summed E-state index contributed by atoms with van der Waals surface area (Å²) in [7, 11) is 0. The zero-order valence-corrected chi connectivity index (χ0v) is 10.8. The van der Waals surface area contributed by atoms with Crippen LogP contribution in [0, 0.1) is 5.82 Å². The van der Waals surface area contributed by atoms with E-state index in [4.69, 9.17) is 10.5 Å². The van der Waals surface area contributed by atoms with Crippen molar-refractivity contribution in [2.75, 3.05) is 17.7 Å². The zero-order chi connectivity index (χ0) is 13.0. The van der Waals surface area contributed by atoms with Gasteiger partial charge in [0.2, 0.25) is 0 Å². The van der Waals surface area contributed by atoms with Gasteiger partial charge in [-0.05, 0) is 36.2 Å². The molecule has 1 heterocycles. The Balaban J connectivity index is 2.03. The number of halogens is 1. The average molecular weight is 267 g/mol. The van der Waals surface area contributed by atoms with Crippen molar-refractivity contribution in [2.45, 2.75) is 13.5 Å². The molecular weight excluding hydrogens is 253 g/mol. The first kappa shape index (κ1) is 12.6. The maximum Gasteiger partial charge on any atom is 0.197 e. The van der Waals surface area contributed by atoms with E-state index in [1.165, 1.54) is 23.7 Å². The zero-order valence-electron chi connectivity index (χ0n) is 9.94.